The van der Waals surface area contributed by atoms with E-state index in [4.69, 9.17) is 0 Å². The molecule has 0 radical (unpaired) electrons. The first-order valence-electron chi connectivity index (χ1n) is 11.5. The van der Waals surface area contributed by atoms with E-state index in [-0.39, 0.29) is 11.1 Å². The Balaban J connectivity index is 1.62. The van der Waals surface area contributed by atoms with Crippen molar-refractivity contribution >= 4 is 0 Å². The van der Waals surface area contributed by atoms with Gasteiger partial charge in [0.15, 0.2) is 0 Å². The molecule has 0 bridgehead atoms. The number of aryl methyl sites for hydroxylation is 2. The third kappa shape index (κ3) is 3.88. The Morgan fingerprint density at radius 1 is 1.06 bits per heavy atom. The first-order chi connectivity index (χ1) is 16.5. The van der Waals surface area contributed by atoms with Crippen LogP contribution in [0, 0.1) is 11.3 Å². The summed E-state index contributed by atoms with van der Waals surface area (Å²) in [4.78, 5) is 25.1. The lowest BCUT2D eigenvalue weighted by atomic mass is 9.99. The van der Waals surface area contributed by atoms with Crippen molar-refractivity contribution in [2.75, 3.05) is 0 Å². The molecule has 0 amide bonds. The fraction of sp³-hybridized carbons (Fsp3) is 0.259. The Morgan fingerprint density at radius 2 is 1.88 bits per heavy atom. The van der Waals surface area contributed by atoms with E-state index in [2.05, 4.69) is 11.2 Å². The molecule has 0 N–H and O–H groups in total. The van der Waals surface area contributed by atoms with Gasteiger partial charge in [0.05, 0.1) is 17.4 Å². The first kappa shape index (κ1) is 21.7. The van der Waals surface area contributed by atoms with Crippen LogP contribution in [0.25, 0.3) is 27.9 Å². The number of benzene rings is 1. The summed E-state index contributed by atoms with van der Waals surface area (Å²) in [5.41, 5.74) is 5.16. The molecule has 0 unspecified atom stereocenters. The smallest absolute Gasteiger partial charge is 0.251 e. The molecule has 4 aromatic rings. The standard InChI is InChI=1S/C27H25N5O2/c1-3-10-31-11-9-19(12-27(31)34)22-13-26(33)30(2)17-24(22)20-15-29-32(16-20)25-6-4-5-21(18-7-8-18)23(25)14-28/h4-6,9,11-13,15-18H,3,7-8,10H2,1-2H3. The Bertz CT molecular complexity index is 1550. The summed E-state index contributed by atoms with van der Waals surface area (Å²) >= 11 is 0. The van der Waals surface area contributed by atoms with Crippen molar-refractivity contribution in [1.82, 2.24) is 18.9 Å². The molecule has 170 valence electrons. The van der Waals surface area contributed by atoms with Crippen molar-refractivity contribution in [3.8, 4) is 34.0 Å². The van der Waals surface area contributed by atoms with Crippen LogP contribution in [0.4, 0.5) is 0 Å². The number of nitrogens with zero attached hydrogens (tertiary/aromatic N) is 5. The lowest BCUT2D eigenvalue weighted by Crippen LogP contribution is -2.19. The van der Waals surface area contributed by atoms with Gasteiger partial charge in [-0.1, -0.05) is 19.1 Å². The second-order valence-electron chi connectivity index (χ2n) is 8.80. The fourth-order valence-electron chi connectivity index (χ4n) is 4.40. The van der Waals surface area contributed by atoms with Crippen LogP contribution >= 0.6 is 0 Å². The number of hydrogen-bond acceptors (Lipinski definition) is 4. The number of pyridine rings is 2. The van der Waals surface area contributed by atoms with Gasteiger partial charge in [0, 0.05) is 55.4 Å². The lowest BCUT2D eigenvalue weighted by molar-refractivity contribution is 0.654. The zero-order chi connectivity index (χ0) is 23.8. The average Bonchev–Trinajstić information content (AvgIpc) is 3.57. The maximum atomic E-state index is 12.6. The van der Waals surface area contributed by atoms with E-state index < -0.39 is 0 Å². The van der Waals surface area contributed by atoms with E-state index in [1.165, 1.54) is 4.57 Å². The predicted octanol–water partition coefficient (Wildman–Crippen LogP) is 4.23. The summed E-state index contributed by atoms with van der Waals surface area (Å²) in [6.45, 7) is 2.67. The molecule has 3 heterocycles. The predicted molar refractivity (Wildman–Crippen MR) is 131 cm³/mol. The summed E-state index contributed by atoms with van der Waals surface area (Å²) in [6.07, 6.45) is 10.2. The van der Waals surface area contributed by atoms with Crippen molar-refractivity contribution in [3.05, 3.63) is 93.0 Å². The minimum absolute atomic E-state index is 0.0998. The second kappa shape index (κ2) is 8.64. The maximum Gasteiger partial charge on any atom is 0.251 e. The molecule has 1 saturated carbocycles. The minimum atomic E-state index is -0.159. The molecule has 0 spiro atoms. The fourth-order valence-corrected chi connectivity index (χ4v) is 4.40. The molecule has 0 atom stereocenters. The number of rotatable bonds is 6. The molecule has 1 aromatic carbocycles. The second-order valence-corrected chi connectivity index (χ2v) is 8.80. The van der Waals surface area contributed by atoms with Crippen LogP contribution in [0.15, 0.2) is 70.8 Å². The first-order valence-corrected chi connectivity index (χ1v) is 11.5. The van der Waals surface area contributed by atoms with Gasteiger partial charge in [-0.2, -0.15) is 10.4 Å². The van der Waals surface area contributed by atoms with Gasteiger partial charge in [-0.05, 0) is 54.0 Å². The Kier molecular flexibility index (Phi) is 5.50. The number of nitriles is 1. The van der Waals surface area contributed by atoms with Gasteiger partial charge in [-0.3, -0.25) is 9.59 Å². The Morgan fingerprint density at radius 3 is 2.59 bits per heavy atom. The molecule has 1 aliphatic rings. The largest absolute Gasteiger partial charge is 0.318 e. The minimum Gasteiger partial charge on any atom is -0.318 e. The van der Waals surface area contributed by atoms with Gasteiger partial charge in [0.2, 0.25) is 0 Å². The maximum absolute atomic E-state index is 12.6. The average molecular weight is 452 g/mol. The van der Waals surface area contributed by atoms with Crippen LogP contribution in [0.1, 0.15) is 43.2 Å². The van der Waals surface area contributed by atoms with E-state index in [0.717, 1.165) is 41.6 Å². The van der Waals surface area contributed by atoms with Gasteiger partial charge < -0.3 is 9.13 Å². The topological polar surface area (TPSA) is 85.6 Å². The van der Waals surface area contributed by atoms with E-state index >= 15 is 0 Å². The van der Waals surface area contributed by atoms with Crippen molar-refractivity contribution in [1.29, 1.82) is 5.26 Å². The van der Waals surface area contributed by atoms with Gasteiger partial charge in [0.25, 0.3) is 11.1 Å². The molecule has 5 rings (SSSR count). The summed E-state index contributed by atoms with van der Waals surface area (Å²) in [7, 11) is 1.70. The molecule has 7 nitrogen and oxygen atoms in total. The van der Waals surface area contributed by atoms with Gasteiger partial charge in [-0.25, -0.2) is 4.68 Å². The molecular formula is C27H25N5O2. The SMILES string of the molecule is CCCn1ccc(-c2cc(=O)n(C)cc2-c2cnn(-c3cccc(C4CC4)c3C#N)c2)cc1=O. The zero-order valence-corrected chi connectivity index (χ0v) is 19.2. The van der Waals surface area contributed by atoms with Crippen LogP contribution < -0.4 is 11.1 Å². The lowest BCUT2D eigenvalue weighted by Gasteiger charge is -2.12. The molecule has 7 heteroatoms. The molecule has 3 aromatic heterocycles. The molecule has 1 fully saturated rings. The van der Waals surface area contributed by atoms with Gasteiger partial charge in [0.1, 0.15) is 6.07 Å². The Hall–Kier alpha value is -4.18. The highest BCUT2D eigenvalue weighted by atomic mass is 16.1. The quantitative estimate of drug-likeness (QED) is 0.439. The van der Waals surface area contributed by atoms with E-state index in [9.17, 15) is 14.9 Å². The molecule has 1 aliphatic carbocycles. The van der Waals surface area contributed by atoms with Crippen LogP contribution in [0.2, 0.25) is 0 Å². The van der Waals surface area contributed by atoms with Crippen molar-refractivity contribution in [2.45, 2.75) is 38.6 Å². The number of aromatic nitrogens is 4. The molecule has 34 heavy (non-hydrogen) atoms. The van der Waals surface area contributed by atoms with Gasteiger partial charge in [-0.15, -0.1) is 0 Å². The summed E-state index contributed by atoms with van der Waals surface area (Å²) in [5, 5.41) is 14.4. The third-order valence-corrected chi connectivity index (χ3v) is 6.34. The van der Waals surface area contributed by atoms with E-state index in [1.807, 2.05) is 37.4 Å². The van der Waals surface area contributed by atoms with Crippen LogP contribution in [0.5, 0.6) is 0 Å². The summed E-state index contributed by atoms with van der Waals surface area (Å²) < 4.78 is 4.90. The highest BCUT2D eigenvalue weighted by Gasteiger charge is 2.27. The monoisotopic (exact) mass is 451 g/mol. The van der Waals surface area contributed by atoms with Crippen LogP contribution in [-0.2, 0) is 13.6 Å². The zero-order valence-electron chi connectivity index (χ0n) is 19.2. The molecule has 0 saturated heterocycles. The van der Waals surface area contributed by atoms with Crippen molar-refractivity contribution in [2.24, 2.45) is 7.05 Å². The van der Waals surface area contributed by atoms with Crippen LogP contribution in [0.3, 0.4) is 0 Å². The van der Waals surface area contributed by atoms with E-state index in [0.29, 0.717) is 29.2 Å². The number of hydrogen-bond donors (Lipinski definition) is 0. The van der Waals surface area contributed by atoms with Crippen molar-refractivity contribution < 1.29 is 0 Å². The highest BCUT2D eigenvalue weighted by molar-refractivity contribution is 5.82. The molecular weight excluding hydrogens is 426 g/mol. The summed E-state index contributed by atoms with van der Waals surface area (Å²) in [6, 6.07) is 13.3. The van der Waals surface area contributed by atoms with E-state index in [1.54, 1.807) is 47.0 Å². The summed E-state index contributed by atoms with van der Waals surface area (Å²) in [5.74, 6) is 0.453. The molecule has 0 aliphatic heterocycles. The van der Waals surface area contributed by atoms with Crippen molar-refractivity contribution in [3.63, 3.8) is 0 Å². The normalized spacial score (nSPS) is 13.1. The van der Waals surface area contributed by atoms with Crippen LogP contribution in [-0.4, -0.2) is 18.9 Å². The Labute approximate surface area is 197 Å². The highest BCUT2D eigenvalue weighted by Crippen LogP contribution is 2.42. The van der Waals surface area contributed by atoms with Gasteiger partial charge >= 0.3 is 0 Å². The third-order valence-electron chi connectivity index (χ3n) is 6.34.